The first kappa shape index (κ1) is 20.6. The van der Waals surface area contributed by atoms with Crippen LogP contribution in [0.4, 0.5) is 20.2 Å². The number of pyridine rings is 1. The minimum Gasteiger partial charge on any atom is -0.477 e. The predicted molar refractivity (Wildman–Crippen MR) is 111 cm³/mol. The second-order valence-corrected chi connectivity index (χ2v) is 8.27. The Morgan fingerprint density at radius 1 is 1.33 bits per heavy atom. The number of nitrogens with zero attached hydrogens (tertiary/aromatic N) is 2. The van der Waals surface area contributed by atoms with Crippen molar-refractivity contribution < 1.29 is 18.7 Å². The molecule has 1 saturated heterocycles. The molecule has 2 aliphatic rings. The molecular weight excluding hydrogens is 394 g/mol. The number of carboxylic acids is 1. The quantitative estimate of drug-likeness (QED) is 0.622. The zero-order valence-electron chi connectivity index (χ0n) is 17.0. The molecule has 0 unspecified atom stereocenters. The average Bonchev–Trinajstić information content (AvgIpc) is 3.43. The lowest BCUT2D eigenvalue weighted by Crippen LogP contribution is -2.35. The molecule has 2 fully saturated rings. The maximum Gasteiger partial charge on any atom is 0.341 e. The smallest absolute Gasteiger partial charge is 0.341 e. The Labute approximate surface area is 172 Å². The maximum atomic E-state index is 15.7. The van der Waals surface area contributed by atoms with E-state index in [1.807, 2.05) is 6.92 Å². The number of carboxylic acid groups (broad SMARTS) is 1. The standard InChI is InChI=1S/C21H26F2N4O3/c1-3-25-10(2)11-6-7-26(8-11)19-15(22)17(24)14-18(16(19)23)27(12-4-5-12)9-13(20(14)28)21(29)30/h9-12,25H,3-8,24H2,1-2H3,(H,29,30)/t10-,11-/m1/s1. The molecule has 2 heterocycles. The van der Waals surface area contributed by atoms with Crippen LogP contribution in [-0.2, 0) is 0 Å². The molecule has 1 saturated carbocycles. The van der Waals surface area contributed by atoms with Gasteiger partial charge in [0.2, 0.25) is 5.43 Å². The van der Waals surface area contributed by atoms with Crippen LogP contribution in [0, 0.1) is 17.6 Å². The van der Waals surface area contributed by atoms with Gasteiger partial charge in [-0.05, 0) is 38.6 Å². The number of halogens is 2. The van der Waals surface area contributed by atoms with Gasteiger partial charge in [0, 0.05) is 31.4 Å². The number of aromatic nitrogens is 1. The minimum atomic E-state index is -1.44. The molecule has 0 bridgehead atoms. The largest absolute Gasteiger partial charge is 0.477 e. The summed E-state index contributed by atoms with van der Waals surface area (Å²) in [6.45, 7) is 5.81. The summed E-state index contributed by atoms with van der Waals surface area (Å²) in [6, 6.07) is 0.0743. The first-order valence-electron chi connectivity index (χ1n) is 10.3. The van der Waals surface area contributed by atoms with Gasteiger partial charge in [-0.3, -0.25) is 4.79 Å². The lowest BCUT2D eigenvalue weighted by Gasteiger charge is -2.25. The van der Waals surface area contributed by atoms with E-state index in [-0.39, 0.29) is 29.2 Å². The van der Waals surface area contributed by atoms with Crippen molar-refractivity contribution in [2.75, 3.05) is 30.3 Å². The molecule has 0 spiro atoms. The molecule has 162 valence electrons. The summed E-state index contributed by atoms with van der Waals surface area (Å²) in [5.41, 5.74) is 3.64. The normalized spacial score (nSPS) is 20.1. The first-order valence-corrected chi connectivity index (χ1v) is 10.3. The van der Waals surface area contributed by atoms with Gasteiger partial charge in [0.15, 0.2) is 11.6 Å². The molecule has 2 atom stereocenters. The highest BCUT2D eigenvalue weighted by Gasteiger charge is 2.35. The van der Waals surface area contributed by atoms with Gasteiger partial charge in [-0.1, -0.05) is 6.92 Å². The maximum absolute atomic E-state index is 15.7. The van der Waals surface area contributed by atoms with E-state index in [0.717, 1.165) is 32.0 Å². The molecule has 2 aromatic rings. The van der Waals surface area contributed by atoms with E-state index < -0.39 is 39.7 Å². The molecule has 7 nitrogen and oxygen atoms in total. The summed E-state index contributed by atoms with van der Waals surface area (Å²) < 4.78 is 32.5. The number of fused-ring (bicyclic) bond motifs is 1. The van der Waals surface area contributed by atoms with Gasteiger partial charge in [-0.15, -0.1) is 0 Å². The Bertz CT molecular complexity index is 1080. The monoisotopic (exact) mass is 420 g/mol. The molecule has 0 radical (unpaired) electrons. The van der Waals surface area contributed by atoms with Crippen LogP contribution in [-0.4, -0.2) is 41.3 Å². The number of nitrogens with two attached hydrogens (primary N) is 1. The van der Waals surface area contributed by atoms with Crippen LogP contribution < -0.4 is 21.4 Å². The van der Waals surface area contributed by atoms with Gasteiger partial charge in [-0.2, -0.15) is 0 Å². The van der Waals surface area contributed by atoms with Crippen molar-refractivity contribution in [2.24, 2.45) is 5.92 Å². The summed E-state index contributed by atoms with van der Waals surface area (Å²) in [4.78, 5) is 25.9. The highest BCUT2D eigenvalue weighted by molar-refractivity contribution is 5.99. The summed E-state index contributed by atoms with van der Waals surface area (Å²) in [6.07, 6.45) is 3.40. The number of carbonyl (C=O) groups is 1. The summed E-state index contributed by atoms with van der Waals surface area (Å²) in [5.74, 6) is -3.07. The molecule has 4 N–H and O–H groups in total. The average molecular weight is 420 g/mol. The lowest BCUT2D eigenvalue weighted by atomic mass is 10.0. The van der Waals surface area contributed by atoms with Crippen molar-refractivity contribution in [3.63, 3.8) is 0 Å². The van der Waals surface area contributed by atoms with Gasteiger partial charge < -0.3 is 25.6 Å². The first-order chi connectivity index (χ1) is 14.3. The third-order valence-electron chi connectivity index (χ3n) is 6.31. The van der Waals surface area contributed by atoms with E-state index in [1.165, 1.54) is 4.57 Å². The SMILES string of the molecule is CCN[C@H](C)[C@@H]1CCN(c2c(F)c(N)c3c(=O)c(C(=O)O)cn(C4CC4)c3c2F)C1. The van der Waals surface area contributed by atoms with Crippen molar-refractivity contribution in [2.45, 2.75) is 45.2 Å². The fraction of sp³-hybridized carbons (Fsp3) is 0.524. The minimum absolute atomic E-state index is 0.107. The van der Waals surface area contributed by atoms with Crippen molar-refractivity contribution in [3.05, 3.63) is 33.6 Å². The Morgan fingerprint density at radius 3 is 2.63 bits per heavy atom. The molecule has 4 rings (SSSR count). The second-order valence-electron chi connectivity index (χ2n) is 8.27. The lowest BCUT2D eigenvalue weighted by molar-refractivity contribution is 0.0695. The van der Waals surface area contributed by atoms with Crippen LogP contribution in [0.5, 0.6) is 0 Å². The number of rotatable bonds is 6. The number of hydrogen-bond donors (Lipinski definition) is 3. The predicted octanol–water partition coefficient (Wildman–Crippen LogP) is 2.72. The molecule has 0 amide bonds. The van der Waals surface area contributed by atoms with Crippen molar-refractivity contribution >= 4 is 28.2 Å². The highest BCUT2D eigenvalue weighted by atomic mass is 19.1. The molecule has 1 aliphatic carbocycles. The molecule has 30 heavy (non-hydrogen) atoms. The fourth-order valence-corrected chi connectivity index (χ4v) is 4.51. The number of nitrogen functional groups attached to an aromatic ring is 1. The van der Waals surface area contributed by atoms with Crippen LogP contribution in [0.2, 0.25) is 0 Å². The van der Waals surface area contributed by atoms with Crippen molar-refractivity contribution in [1.82, 2.24) is 9.88 Å². The Morgan fingerprint density at radius 2 is 2.03 bits per heavy atom. The van der Waals surface area contributed by atoms with Gasteiger partial charge >= 0.3 is 5.97 Å². The zero-order valence-corrected chi connectivity index (χ0v) is 17.0. The van der Waals surface area contributed by atoms with Gasteiger partial charge in [0.1, 0.15) is 11.3 Å². The zero-order chi connectivity index (χ0) is 21.7. The molecule has 1 aromatic heterocycles. The van der Waals surface area contributed by atoms with Crippen molar-refractivity contribution in [3.8, 4) is 0 Å². The second kappa shape index (κ2) is 7.54. The van der Waals surface area contributed by atoms with E-state index >= 15 is 8.78 Å². The van der Waals surface area contributed by atoms with Gasteiger partial charge in [-0.25, -0.2) is 13.6 Å². The summed E-state index contributed by atoms with van der Waals surface area (Å²) >= 11 is 0. The number of benzene rings is 1. The number of hydrogen-bond acceptors (Lipinski definition) is 5. The van der Waals surface area contributed by atoms with E-state index in [0.29, 0.717) is 13.1 Å². The highest BCUT2D eigenvalue weighted by Crippen LogP contribution is 2.42. The fourth-order valence-electron chi connectivity index (χ4n) is 4.51. The molecule has 1 aliphatic heterocycles. The van der Waals surface area contributed by atoms with Gasteiger partial charge in [0.05, 0.1) is 16.6 Å². The summed E-state index contributed by atoms with van der Waals surface area (Å²) in [7, 11) is 0. The van der Waals surface area contributed by atoms with Crippen LogP contribution in [0.1, 0.15) is 49.5 Å². The molecular formula is C21H26F2N4O3. The Kier molecular flexibility index (Phi) is 5.17. The van der Waals surface area contributed by atoms with Crippen LogP contribution >= 0.6 is 0 Å². The Hall–Kier alpha value is -2.68. The van der Waals surface area contributed by atoms with Crippen LogP contribution in [0.3, 0.4) is 0 Å². The number of nitrogens with one attached hydrogen (secondary N) is 1. The van der Waals surface area contributed by atoms with E-state index in [4.69, 9.17) is 5.73 Å². The van der Waals surface area contributed by atoms with Crippen LogP contribution in [0.25, 0.3) is 10.9 Å². The number of anilines is 2. The third kappa shape index (κ3) is 3.21. The topological polar surface area (TPSA) is 101 Å². The molecule has 9 heteroatoms. The van der Waals surface area contributed by atoms with E-state index in [9.17, 15) is 14.7 Å². The van der Waals surface area contributed by atoms with E-state index in [1.54, 1.807) is 4.90 Å². The van der Waals surface area contributed by atoms with Crippen molar-refractivity contribution in [1.29, 1.82) is 0 Å². The third-order valence-corrected chi connectivity index (χ3v) is 6.31. The van der Waals surface area contributed by atoms with Crippen LogP contribution in [0.15, 0.2) is 11.0 Å². The molecule has 1 aromatic carbocycles. The summed E-state index contributed by atoms with van der Waals surface area (Å²) in [5, 5.41) is 12.3. The van der Waals surface area contributed by atoms with E-state index in [2.05, 4.69) is 12.2 Å². The van der Waals surface area contributed by atoms with Gasteiger partial charge in [0.25, 0.3) is 0 Å². The Balaban J connectivity index is 1.89. The number of aromatic carboxylic acids is 1.